The Balaban J connectivity index is 1.95. The number of hydrogen-bond acceptors (Lipinski definition) is 4. The van der Waals surface area contributed by atoms with E-state index in [1.54, 1.807) is 6.26 Å². The van der Waals surface area contributed by atoms with Gasteiger partial charge in [0.1, 0.15) is 5.76 Å². The summed E-state index contributed by atoms with van der Waals surface area (Å²) >= 11 is 0. The fraction of sp³-hybridized carbons (Fsp3) is 0.750. The van der Waals surface area contributed by atoms with Crippen LogP contribution in [-0.4, -0.2) is 61.3 Å². The molecule has 1 aromatic heterocycles. The lowest BCUT2D eigenvalue weighted by Gasteiger charge is -2.31. The summed E-state index contributed by atoms with van der Waals surface area (Å²) in [6.45, 7) is 5.83. The van der Waals surface area contributed by atoms with Crippen LogP contribution in [0.1, 0.15) is 45.3 Å². The lowest BCUT2D eigenvalue weighted by Crippen LogP contribution is -2.49. The molecule has 3 N–H and O–H groups in total. The highest BCUT2D eigenvalue weighted by atomic mass is 16.3. The number of aliphatic hydroxyl groups is 1. The van der Waals surface area contributed by atoms with Crippen LogP contribution in [0.15, 0.2) is 27.8 Å². The molecule has 2 rings (SSSR count). The Morgan fingerprint density at radius 3 is 2.81 bits per heavy atom. The second-order valence-corrected chi connectivity index (χ2v) is 8.17. The van der Waals surface area contributed by atoms with E-state index in [-0.39, 0.29) is 0 Å². The van der Waals surface area contributed by atoms with Crippen molar-refractivity contribution in [2.45, 2.75) is 57.6 Å². The van der Waals surface area contributed by atoms with Gasteiger partial charge in [-0.3, -0.25) is 4.99 Å². The molecule has 0 radical (unpaired) electrons. The van der Waals surface area contributed by atoms with E-state index in [1.165, 1.54) is 25.7 Å². The lowest BCUT2D eigenvalue weighted by molar-refractivity contribution is 0.0423. The van der Waals surface area contributed by atoms with E-state index >= 15 is 0 Å². The highest BCUT2D eigenvalue weighted by Crippen LogP contribution is 2.23. The third-order valence-corrected chi connectivity index (χ3v) is 4.91. The second kappa shape index (κ2) is 9.97. The minimum atomic E-state index is -0.850. The van der Waals surface area contributed by atoms with Crippen molar-refractivity contribution in [1.29, 1.82) is 0 Å². The third kappa shape index (κ3) is 7.38. The molecule has 1 fully saturated rings. The molecule has 1 heterocycles. The van der Waals surface area contributed by atoms with Crippen LogP contribution in [-0.2, 0) is 6.42 Å². The van der Waals surface area contributed by atoms with Gasteiger partial charge in [0.2, 0.25) is 0 Å². The number of furan rings is 1. The van der Waals surface area contributed by atoms with Gasteiger partial charge in [0, 0.05) is 25.6 Å². The zero-order chi connectivity index (χ0) is 19.0. The normalized spacial score (nSPS) is 23.7. The molecule has 1 aliphatic rings. The summed E-state index contributed by atoms with van der Waals surface area (Å²) in [5.74, 6) is 2.39. The number of aliphatic imine (C=N–C) groups is 1. The third-order valence-electron chi connectivity index (χ3n) is 4.91. The van der Waals surface area contributed by atoms with Crippen molar-refractivity contribution in [3.8, 4) is 0 Å². The zero-order valence-corrected chi connectivity index (χ0v) is 16.8. The minimum Gasteiger partial charge on any atom is -0.469 e. The van der Waals surface area contributed by atoms with Crippen molar-refractivity contribution in [2.75, 3.05) is 33.7 Å². The van der Waals surface area contributed by atoms with Gasteiger partial charge in [-0.25, -0.2) is 0 Å². The molecule has 26 heavy (non-hydrogen) atoms. The molecule has 1 aromatic rings. The standard InChI is InChI=1S/C20H36N4O2/c1-16-8-5-6-10-18(16)23-19(21-12-11-17-9-7-13-26-17)22-14-20(2,25)15-24(3)4/h7,9,13,16,18,25H,5-6,8,10-12,14-15H2,1-4H3,(H2,21,22,23). The lowest BCUT2D eigenvalue weighted by atomic mass is 9.86. The van der Waals surface area contributed by atoms with E-state index in [4.69, 9.17) is 4.42 Å². The second-order valence-electron chi connectivity index (χ2n) is 8.17. The SMILES string of the molecule is CC1CCCCC1NC(=NCC(C)(O)CN(C)C)NCCc1ccco1. The number of nitrogens with zero attached hydrogens (tertiary/aromatic N) is 2. The maximum absolute atomic E-state index is 10.5. The van der Waals surface area contributed by atoms with Crippen molar-refractivity contribution in [3.63, 3.8) is 0 Å². The smallest absolute Gasteiger partial charge is 0.191 e. The highest BCUT2D eigenvalue weighted by molar-refractivity contribution is 5.80. The summed E-state index contributed by atoms with van der Waals surface area (Å²) in [5, 5.41) is 17.5. The summed E-state index contributed by atoms with van der Waals surface area (Å²) in [6, 6.07) is 4.33. The topological polar surface area (TPSA) is 73.0 Å². The summed E-state index contributed by atoms with van der Waals surface area (Å²) in [6.07, 6.45) is 7.52. The molecule has 0 aliphatic heterocycles. The monoisotopic (exact) mass is 364 g/mol. The molecule has 0 saturated heterocycles. The molecule has 3 unspecified atom stereocenters. The number of rotatable bonds is 8. The van der Waals surface area contributed by atoms with E-state index < -0.39 is 5.60 Å². The van der Waals surface area contributed by atoms with Crippen LogP contribution in [0.3, 0.4) is 0 Å². The van der Waals surface area contributed by atoms with Crippen LogP contribution in [0.5, 0.6) is 0 Å². The van der Waals surface area contributed by atoms with Crippen molar-refractivity contribution in [1.82, 2.24) is 15.5 Å². The van der Waals surface area contributed by atoms with Gasteiger partial charge in [0.05, 0.1) is 18.4 Å². The number of likely N-dealkylation sites (N-methyl/N-ethyl adjacent to an activating group) is 1. The summed E-state index contributed by atoms with van der Waals surface area (Å²) in [5.41, 5.74) is -0.850. The zero-order valence-electron chi connectivity index (χ0n) is 16.8. The summed E-state index contributed by atoms with van der Waals surface area (Å²) in [7, 11) is 3.92. The van der Waals surface area contributed by atoms with Gasteiger partial charge < -0.3 is 25.1 Å². The van der Waals surface area contributed by atoms with E-state index in [0.717, 1.165) is 24.7 Å². The molecule has 0 amide bonds. The predicted octanol–water partition coefficient (Wildman–Crippen LogP) is 2.25. The fourth-order valence-corrected chi connectivity index (χ4v) is 3.60. The van der Waals surface area contributed by atoms with Crippen molar-refractivity contribution in [2.24, 2.45) is 10.9 Å². The van der Waals surface area contributed by atoms with Gasteiger partial charge in [-0.1, -0.05) is 19.8 Å². The largest absolute Gasteiger partial charge is 0.469 e. The van der Waals surface area contributed by atoms with Crippen LogP contribution in [0, 0.1) is 5.92 Å². The number of guanidine groups is 1. The van der Waals surface area contributed by atoms with Crippen LogP contribution in [0.25, 0.3) is 0 Å². The molecule has 0 spiro atoms. The Morgan fingerprint density at radius 2 is 2.15 bits per heavy atom. The minimum absolute atomic E-state index is 0.363. The average Bonchev–Trinajstić information content (AvgIpc) is 3.06. The number of nitrogens with one attached hydrogen (secondary N) is 2. The Labute approximate surface area is 158 Å². The highest BCUT2D eigenvalue weighted by Gasteiger charge is 2.24. The first-order valence-corrected chi connectivity index (χ1v) is 9.80. The fourth-order valence-electron chi connectivity index (χ4n) is 3.60. The molecular weight excluding hydrogens is 328 g/mol. The molecular formula is C20H36N4O2. The maximum Gasteiger partial charge on any atom is 0.191 e. The Bertz CT molecular complexity index is 540. The molecule has 3 atom stereocenters. The maximum atomic E-state index is 10.5. The van der Waals surface area contributed by atoms with Crippen LogP contribution in [0.4, 0.5) is 0 Å². The van der Waals surface area contributed by atoms with Gasteiger partial charge in [-0.15, -0.1) is 0 Å². The van der Waals surface area contributed by atoms with Crippen LogP contribution in [0.2, 0.25) is 0 Å². The van der Waals surface area contributed by atoms with Gasteiger partial charge in [-0.05, 0) is 51.9 Å². The first-order chi connectivity index (χ1) is 12.4. The summed E-state index contributed by atoms with van der Waals surface area (Å²) in [4.78, 5) is 6.67. The first-order valence-electron chi connectivity index (χ1n) is 9.80. The molecule has 6 heteroatoms. The van der Waals surface area contributed by atoms with E-state index in [0.29, 0.717) is 25.0 Å². The van der Waals surface area contributed by atoms with Gasteiger partial charge >= 0.3 is 0 Å². The molecule has 1 aliphatic carbocycles. The molecule has 148 valence electrons. The molecule has 1 saturated carbocycles. The number of hydrogen-bond donors (Lipinski definition) is 3. The molecule has 0 bridgehead atoms. The Morgan fingerprint density at radius 1 is 1.38 bits per heavy atom. The van der Waals surface area contributed by atoms with E-state index in [2.05, 4.69) is 22.5 Å². The quantitative estimate of drug-likeness (QED) is 0.487. The average molecular weight is 365 g/mol. The van der Waals surface area contributed by atoms with E-state index in [9.17, 15) is 5.11 Å². The first kappa shape index (κ1) is 20.8. The molecule has 6 nitrogen and oxygen atoms in total. The Kier molecular flexibility index (Phi) is 7.97. The van der Waals surface area contributed by atoms with Crippen molar-refractivity contribution >= 4 is 5.96 Å². The Hall–Kier alpha value is -1.53. The molecule has 0 aromatic carbocycles. The van der Waals surface area contributed by atoms with Crippen LogP contribution >= 0.6 is 0 Å². The van der Waals surface area contributed by atoms with Gasteiger partial charge in [0.15, 0.2) is 5.96 Å². The van der Waals surface area contributed by atoms with E-state index in [1.807, 2.05) is 38.1 Å². The van der Waals surface area contributed by atoms with Crippen molar-refractivity contribution < 1.29 is 9.52 Å². The summed E-state index contributed by atoms with van der Waals surface area (Å²) < 4.78 is 5.39. The van der Waals surface area contributed by atoms with Crippen molar-refractivity contribution in [3.05, 3.63) is 24.2 Å². The van der Waals surface area contributed by atoms with Crippen LogP contribution < -0.4 is 10.6 Å². The van der Waals surface area contributed by atoms with Gasteiger partial charge in [0.25, 0.3) is 0 Å². The van der Waals surface area contributed by atoms with Gasteiger partial charge in [-0.2, -0.15) is 0 Å². The predicted molar refractivity (Wildman–Crippen MR) is 106 cm³/mol.